The predicted octanol–water partition coefficient (Wildman–Crippen LogP) is 4.84. The number of aliphatic hydroxyl groups is 1. The van der Waals surface area contributed by atoms with Gasteiger partial charge in [0, 0.05) is 0 Å². The Hall–Kier alpha value is -1.33. The highest BCUT2D eigenvalue weighted by Gasteiger charge is 2.42. The van der Waals surface area contributed by atoms with Crippen molar-refractivity contribution in [3.05, 3.63) is 34.9 Å². The summed E-state index contributed by atoms with van der Waals surface area (Å²) in [6.07, 6.45) is 5.59. The molecule has 1 aliphatic rings. The molecule has 0 aliphatic heterocycles. The smallest absolute Gasteiger partial charge is 0.0978 e. The summed E-state index contributed by atoms with van der Waals surface area (Å²) in [4.78, 5) is 0. The number of hydrogen-bond donors (Lipinski definition) is 1. The second kappa shape index (κ2) is 6.62. The third-order valence-corrected chi connectivity index (χ3v) is 5.17. The molecule has 0 spiro atoms. The van der Waals surface area contributed by atoms with Gasteiger partial charge in [0.2, 0.25) is 0 Å². The standard InChI is InChI=1S/C19H27NO/c1-4-5-16-8-10-19(13-20,11-9-16)18(21)17-12-14(2)6-7-15(17)3/h6-7,12,16,18,21H,4-5,8-11H2,1-3H3. The van der Waals surface area contributed by atoms with E-state index in [1.54, 1.807) is 0 Å². The van der Waals surface area contributed by atoms with Gasteiger partial charge >= 0.3 is 0 Å². The Morgan fingerprint density at radius 3 is 2.57 bits per heavy atom. The molecular weight excluding hydrogens is 258 g/mol. The molecule has 1 N–H and O–H groups in total. The maximum absolute atomic E-state index is 10.9. The monoisotopic (exact) mass is 285 g/mol. The average Bonchev–Trinajstić information content (AvgIpc) is 2.50. The van der Waals surface area contributed by atoms with Crippen LogP contribution in [0.2, 0.25) is 0 Å². The Bertz CT molecular complexity index is 521. The van der Waals surface area contributed by atoms with Crippen LogP contribution in [0.3, 0.4) is 0 Å². The summed E-state index contributed by atoms with van der Waals surface area (Å²) in [5.41, 5.74) is 2.56. The fourth-order valence-corrected chi connectivity index (χ4v) is 3.69. The third kappa shape index (κ3) is 3.30. The molecule has 1 aromatic carbocycles. The summed E-state index contributed by atoms with van der Waals surface area (Å²) in [7, 11) is 0. The van der Waals surface area contributed by atoms with Gasteiger partial charge in [-0.3, -0.25) is 0 Å². The summed E-state index contributed by atoms with van der Waals surface area (Å²) in [5, 5.41) is 20.6. The van der Waals surface area contributed by atoms with E-state index in [1.165, 1.54) is 12.8 Å². The van der Waals surface area contributed by atoms with Crippen LogP contribution < -0.4 is 0 Å². The quantitative estimate of drug-likeness (QED) is 0.860. The Balaban J connectivity index is 2.22. The minimum atomic E-state index is -0.662. The Morgan fingerprint density at radius 2 is 2.00 bits per heavy atom. The summed E-state index contributed by atoms with van der Waals surface area (Å²) in [6.45, 7) is 6.27. The van der Waals surface area contributed by atoms with E-state index in [-0.39, 0.29) is 0 Å². The lowest BCUT2D eigenvalue weighted by Gasteiger charge is -2.39. The highest BCUT2D eigenvalue weighted by molar-refractivity contribution is 5.34. The van der Waals surface area contributed by atoms with Gasteiger partial charge in [-0.25, -0.2) is 0 Å². The molecule has 0 aromatic heterocycles. The zero-order chi connectivity index (χ0) is 15.5. The van der Waals surface area contributed by atoms with Crippen LogP contribution in [-0.2, 0) is 0 Å². The maximum atomic E-state index is 10.9. The topological polar surface area (TPSA) is 44.0 Å². The number of benzene rings is 1. The van der Waals surface area contributed by atoms with Crippen LogP contribution in [0.5, 0.6) is 0 Å². The Kier molecular flexibility index (Phi) is 5.06. The number of hydrogen-bond acceptors (Lipinski definition) is 2. The molecule has 1 unspecified atom stereocenters. The molecule has 0 bridgehead atoms. The number of aryl methyl sites for hydroxylation is 2. The van der Waals surface area contributed by atoms with Crippen LogP contribution in [0.25, 0.3) is 0 Å². The van der Waals surface area contributed by atoms with Crippen molar-refractivity contribution in [3.63, 3.8) is 0 Å². The predicted molar refractivity (Wildman–Crippen MR) is 85.8 cm³/mol. The van der Waals surface area contributed by atoms with Gasteiger partial charge in [0.15, 0.2) is 0 Å². The minimum absolute atomic E-state index is 0.594. The van der Waals surface area contributed by atoms with Gasteiger partial charge in [0.1, 0.15) is 0 Å². The summed E-state index contributed by atoms with van der Waals surface area (Å²) in [5.74, 6) is 0.738. The first-order valence-corrected chi connectivity index (χ1v) is 8.19. The van der Waals surface area contributed by atoms with Gasteiger partial charge in [-0.1, -0.05) is 43.5 Å². The molecule has 2 heteroatoms. The molecule has 21 heavy (non-hydrogen) atoms. The van der Waals surface area contributed by atoms with Gasteiger partial charge in [-0.2, -0.15) is 5.26 Å². The Labute approximate surface area is 128 Å². The van der Waals surface area contributed by atoms with Crippen molar-refractivity contribution in [2.75, 3.05) is 0 Å². The lowest BCUT2D eigenvalue weighted by molar-refractivity contribution is 0.0232. The van der Waals surface area contributed by atoms with Crippen molar-refractivity contribution in [1.29, 1.82) is 5.26 Å². The molecule has 1 aliphatic carbocycles. The van der Waals surface area contributed by atoms with E-state index in [4.69, 9.17) is 0 Å². The molecule has 1 saturated carbocycles. The summed E-state index contributed by atoms with van der Waals surface area (Å²) in [6, 6.07) is 8.62. The van der Waals surface area contributed by atoms with Crippen LogP contribution in [0, 0.1) is 36.5 Å². The molecule has 0 amide bonds. The highest BCUT2D eigenvalue weighted by Crippen LogP contribution is 2.48. The minimum Gasteiger partial charge on any atom is -0.387 e. The van der Waals surface area contributed by atoms with Gasteiger partial charge < -0.3 is 5.11 Å². The average molecular weight is 285 g/mol. The van der Waals surface area contributed by atoms with E-state index in [2.05, 4.69) is 19.1 Å². The lowest BCUT2D eigenvalue weighted by Crippen LogP contribution is -2.33. The molecule has 114 valence electrons. The van der Waals surface area contributed by atoms with Gasteiger partial charge in [-0.15, -0.1) is 0 Å². The molecule has 0 radical (unpaired) electrons. The summed E-state index contributed by atoms with van der Waals surface area (Å²) >= 11 is 0. The Morgan fingerprint density at radius 1 is 1.33 bits per heavy atom. The van der Waals surface area contributed by atoms with E-state index in [0.29, 0.717) is 0 Å². The molecular formula is C19H27NO. The fourth-order valence-electron chi connectivity index (χ4n) is 3.69. The van der Waals surface area contributed by atoms with Crippen molar-refractivity contribution in [2.24, 2.45) is 11.3 Å². The van der Waals surface area contributed by atoms with E-state index in [0.717, 1.165) is 48.3 Å². The van der Waals surface area contributed by atoms with Gasteiger partial charge in [0.05, 0.1) is 17.6 Å². The molecule has 1 aromatic rings. The van der Waals surface area contributed by atoms with E-state index >= 15 is 0 Å². The second-order valence-electron chi connectivity index (χ2n) is 6.76. The molecule has 2 nitrogen and oxygen atoms in total. The largest absolute Gasteiger partial charge is 0.387 e. The highest BCUT2D eigenvalue weighted by atomic mass is 16.3. The molecule has 0 saturated heterocycles. The molecule has 1 fully saturated rings. The van der Waals surface area contributed by atoms with E-state index < -0.39 is 11.5 Å². The number of rotatable bonds is 4. The van der Waals surface area contributed by atoms with Gasteiger partial charge in [0.25, 0.3) is 0 Å². The number of nitriles is 1. The van der Waals surface area contributed by atoms with Crippen molar-refractivity contribution in [1.82, 2.24) is 0 Å². The molecule has 2 rings (SSSR count). The van der Waals surface area contributed by atoms with Crippen LogP contribution in [0.4, 0.5) is 0 Å². The van der Waals surface area contributed by atoms with E-state index in [1.807, 2.05) is 26.0 Å². The molecule has 0 heterocycles. The first-order valence-electron chi connectivity index (χ1n) is 8.19. The third-order valence-electron chi connectivity index (χ3n) is 5.17. The number of aliphatic hydroxyl groups excluding tert-OH is 1. The lowest BCUT2D eigenvalue weighted by atomic mass is 9.65. The fraction of sp³-hybridized carbons (Fsp3) is 0.632. The zero-order valence-corrected chi connectivity index (χ0v) is 13.5. The van der Waals surface area contributed by atoms with E-state index in [9.17, 15) is 10.4 Å². The first-order chi connectivity index (χ1) is 10.0. The van der Waals surface area contributed by atoms with Crippen LogP contribution in [-0.4, -0.2) is 5.11 Å². The van der Waals surface area contributed by atoms with Crippen molar-refractivity contribution in [2.45, 2.75) is 65.4 Å². The van der Waals surface area contributed by atoms with Crippen LogP contribution in [0.15, 0.2) is 18.2 Å². The van der Waals surface area contributed by atoms with Crippen molar-refractivity contribution >= 4 is 0 Å². The zero-order valence-electron chi connectivity index (χ0n) is 13.5. The van der Waals surface area contributed by atoms with Crippen molar-refractivity contribution in [3.8, 4) is 6.07 Å². The second-order valence-corrected chi connectivity index (χ2v) is 6.76. The maximum Gasteiger partial charge on any atom is 0.0978 e. The normalized spacial score (nSPS) is 27.1. The first kappa shape index (κ1) is 16.0. The SMILES string of the molecule is CCCC1CCC(C#N)(C(O)c2cc(C)ccc2C)CC1. The summed E-state index contributed by atoms with van der Waals surface area (Å²) < 4.78 is 0. The van der Waals surface area contributed by atoms with Crippen molar-refractivity contribution < 1.29 is 5.11 Å². The van der Waals surface area contributed by atoms with Crippen LogP contribution >= 0.6 is 0 Å². The van der Waals surface area contributed by atoms with Crippen LogP contribution in [0.1, 0.15) is 68.2 Å². The van der Waals surface area contributed by atoms with Gasteiger partial charge in [-0.05, 0) is 56.6 Å². The number of nitrogens with zero attached hydrogens (tertiary/aromatic N) is 1. The molecule has 1 atom stereocenters.